The number of piperidine rings is 1. The standard InChI is InChI=1S/C16H23NO2/c1-11-7-8-12(2)13(10-11)15(19)17-9-5-6-14(18)16(17,3)4/h7-8,10,14,18H,5-6,9H2,1-4H3. The highest BCUT2D eigenvalue weighted by Gasteiger charge is 2.40. The zero-order chi connectivity index (χ0) is 14.2. The molecule has 1 saturated heterocycles. The van der Waals surface area contributed by atoms with E-state index < -0.39 is 11.6 Å². The lowest BCUT2D eigenvalue weighted by Gasteiger charge is -2.46. The summed E-state index contributed by atoms with van der Waals surface area (Å²) in [4.78, 5) is 14.6. The zero-order valence-electron chi connectivity index (χ0n) is 12.2. The molecule has 1 fully saturated rings. The van der Waals surface area contributed by atoms with Gasteiger partial charge in [-0.1, -0.05) is 17.7 Å². The number of aliphatic hydroxyl groups excluding tert-OH is 1. The summed E-state index contributed by atoms with van der Waals surface area (Å²) in [5.74, 6) is 0.0324. The van der Waals surface area contributed by atoms with E-state index in [4.69, 9.17) is 0 Å². The minimum Gasteiger partial charge on any atom is -0.391 e. The fourth-order valence-corrected chi connectivity index (χ4v) is 2.74. The van der Waals surface area contributed by atoms with Crippen LogP contribution < -0.4 is 0 Å². The number of aryl methyl sites for hydroxylation is 2. The summed E-state index contributed by atoms with van der Waals surface area (Å²) in [5.41, 5.74) is 2.34. The molecule has 1 heterocycles. The van der Waals surface area contributed by atoms with Gasteiger partial charge in [-0.15, -0.1) is 0 Å². The molecular weight excluding hydrogens is 238 g/mol. The van der Waals surface area contributed by atoms with Gasteiger partial charge in [0.1, 0.15) is 0 Å². The number of amides is 1. The van der Waals surface area contributed by atoms with E-state index in [2.05, 4.69) is 0 Å². The summed E-state index contributed by atoms with van der Waals surface area (Å²) in [6.07, 6.45) is 1.18. The number of nitrogens with zero attached hydrogens (tertiary/aromatic N) is 1. The number of carbonyl (C=O) groups excluding carboxylic acids is 1. The van der Waals surface area contributed by atoms with Crippen LogP contribution in [0.1, 0.15) is 48.2 Å². The van der Waals surface area contributed by atoms with Crippen LogP contribution in [0.5, 0.6) is 0 Å². The van der Waals surface area contributed by atoms with Gasteiger partial charge in [0, 0.05) is 12.1 Å². The second-order valence-electron chi connectivity index (χ2n) is 6.09. The second kappa shape index (κ2) is 4.97. The fraction of sp³-hybridized carbons (Fsp3) is 0.562. The third-order valence-corrected chi connectivity index (χ3v) is 4.24. The Bertz CT molecular complexity index is 494. The SMILES string of the molecule is Cc1ccc(C)c(C(=O)N2CCCC(O)C2(C)C)c1. The first-order valence-corrected chi connectivity index (χ1v) is 6.91. The van der Waals surface area contributed by atoms with Crippen molar-refractivity contribution < 1.29 is 9.90 Å². The van der Waals surface area contributed by atoms with Crippen molar-refractivity contribution >= 4 is 5.91 Å². The fourth-order valence-electron chi connectivity index (χ4n) is 2.74. The molecule has 3 heteroatoms. The molecule has 2 rings (SSSR count). The van der Waals surface area contributed by atoms with E-state index in [1.807, 2.05) is 50.8 Å². The minimum atomic E-state index is -0.495. The van der Waals surface area contributed by atoms with Crippen molar-refractivity contribution in [2.75, 3.05) is 6.54 Å². The highest BCUT2D eigenvalue weighted by atomic mass is 16.3. The number of likely N-dealkylation sites (tertiary alicyclic amines) is 1. The van der Waals surface area contributed by atoms with Crippen molar-refractivity contribution in [2.24, 2.45) is 0 Å². The van der Waals surface area contributed by atoms with Gasteiger partial charge in [-0.3, -0.25) is 4.79 Å². The third kappa shape index (κ3) is 2.52. The van der Waals surface area contributed by atoms with E-state index in [0.29, 0.717) is 0 Å². The monoisotopic (exact) mass is 261 g/mol. The van der Waals surface area contributed by atoms with E-state index in [9.17, 15) is 9.90 Å². The maximum Gasteiger partial charge on any atom is 0.254 e. The molecule has 0 spiro atoms. The smallest absolute Gasteiger partial charge is 0.254 e. The predicted molar refractivity (Wildman–Crippen MR) is 76.3 cm³/mol. The zero-order valence-corrected chi connectivity index (χ0v) is 12.2. The van der Waals surface area contributed by atoms with Crippen molar-refractivity contribution in [3.8, 4) is 0 Å². The maximum atomic E-state index is 12.7. The molecule has 1 aromatic carbocycles. The lowest BCUT2D eigenvalue weighted by molar-refractivity contribution is -0.0307. The van der Waals surface area contributed by atoms with Crippen molar-refractivity contribution in [1.29, 1.82) is 0 Å². The molecule has 0 bridgehead atoms. The Balaban J connectivity index is 2.35. The summed E-state index contributed by atoms with van der Waals surface area (Å²) in [6.45, 7) is 8.56. The first-order chi connectivity index (χ1) is 8.84. The van der Waals surface area contributed by atoms with Crippen molar-refractivity contribution in [1.82, 2.24) is 4.90 Å². The number of aliphatic hydroxyl groups is 1. The van der Waals surface area contributed by atoms with Gasteiger partial charge in [-0.2, -0.15) is 0 Å². The Morgan fingerprint density at radius 2 is 2.05 bits per heavy atom. The lowest BCUT2D eigenvalue weighted by Crippen LogP contribution is -2.58. The Labute approximate surface area is 115 Å². The summed E-state index contributed by atoms with van der Waals surface area (Å²) >= 11 is 0. The molecule has 104 valence electrons. The first kappa shape index (κ1) is 14.1. The Morgan fingerprint density at radius 1 is 1.37 bits per heavy atom. The maximum absolute atomic E-state index is 12.7. The number of carbonyl (C=O) groups is 1. The minimum absolute atomic E-state index is 0.0324. The van der Waals surface area contributed by atoms with Gasteiger partial charge < -0.3 is 10.0 Å². The van der Waals surface area contributed by atoms with Crippen molar-refractivity contribution in [3.05, 3.63) is 34.9 Å². The van der Waals surface area contributed by atoms with Gasteiger partial charge in [0.2, 0.25) is 0 Å². The Kier molecular flexibility index (Phi) is 3.68. The van der Waals surface area contributed by atoms with E-state index in [1.165, 1.54) is 0 Å². The van der Waals surface area contributed by atoms with E-state index >= 15 is 0 Å². The topological polar surface area (TPSA) is 40.5 Å². The van der Waals surface area contributed by atoms with Gasteiger partial charge in [-0.05, 0) is 52.2 Å². The lowest BCUT2D eigenvalue weighted by atomic mass is 9.86. The highest BCUT2D eigenvalue weighted by Crippen LogP contribution is 2.30. The van der Waals surface area contributed by atoms with Gasteiger partial charge in [0.15, 0.2) is 0 Å². The molecule has 3 nitrogen and oxygen atoms in total. The van der Waals surface area contributed by atoms with Crippen LogP contribution in [0.4, 0.5) is 0 Å². The van der Waals surface area contributed by atoms with Gasteiger partial charge >= 0.3 is 0 Å². The third-order valence-electron chi connectivity index (χ3n) is 4.24. The molecule has 19 heavy (non-hydrogen) atoms. The van der Waals surface area contributed by atoms with E-state index in [-0.39, 0.29) is 5.91 Å². The second-order valence-corrected chi connectivity index (χ2v) is 6.09. The quantitative estimate of drug-likeness (QED) is 0.844. The molecule has 1 amide bonds. The molecule has 1 aliphatic rings. The van der Waals surface area contributed by atoms with Crippen LogP contribution in [0.25, 0.3) is 0 Å². The number of hydrogen-bond donors (Lipinski definition) is 1. The average Bonchev–Trinajstić information content (AvgIpc) is 2.35. The molecule has 1 aromatic rings. The number of hydrogen-bond acceptors (Lipinski definition) is 2. The van der Waals surface area contributed by atoms with Gasteiger partial charge in [0.05, 0.1) is 11.6 Å². The Morgan fingerprint density at radius 3 is 2.74 bits per heavy atom. The highest BCUT2D eigenvalue weighted by molar-refractivity contribution is 5.96. The molecule has 0 aromatic heterocycles. The molecule has 0 saturated carbocycles. The number of benzene rings is 1. The predicted octanol–water partition coefficient (Wildman–Crippen LogP) is 2.68. The van der Waals surface area contributed by atoms with Crippen LogP contribution in [-0.4, -0.2) is 34.1 Å². The van der Waals surface area contributed by atoms with Crippen LogP contribution in [0.3, 0.4) is 0 Å². The van der Waals surface area contributed by atoms with Gasteiger partial charge in [0.25, 0.3) is 5.91 Å². The van der Waals surface area contributed by atoms with Crippen molar-refractivity contribution in [2.45, 2.75) is 52.2 Å². The molecule has 0 aliphatic carbocycles. The molecule has 1 atom stereocenters. The Hall–Kier alpha value is -1.35. The van der Waals surface area contributed by atoms with Crippen molar-refractivity contribution in [3.63, 3.8) is 0 Å². The van der Waals surface area contributed by atoms with Crippen LogP contribution in [0, 0.1) is 13.8 Å². The summed E-state index contributed by atoms with van der Waals surface area (Å²) < 4.78 is 0. The summed E-state index contributed by atoms with van der Waals surface area (Å²) in [6, 6.07) is 5.94. The van der Waals surface area contributed by atoms with E-state index in [1.54, 1.807) is 0 Å². The van der Waals surface area contributed by atoms with Crippen LogP contribution in [0.15, 0.2) is 18.2 Å². The molecule has 1 unspecified atom stereocenters. The van der Waals surface area contributed by atoms with E-state index in [0.717, 1.165) is 36.1 Å². The summed E-state index contributed by atoms with van der Waals surface area (Å²) in [5, 5.41) is 10.1. The molecule has 1 N–H and O–H groups in total. The normalized spacial score (nSPS) is 22.4. The summed E-state index contributed by atoms with van der Waals surface area (Å²) in [7, 11) is 0. The van der Waals surface area contributed by atoms with Crippen LogP contribution in [0.2, 0.25) is 0 Å². The molecule has 1 aliphatic heterocycles. The van der Waals surface area contributed by atoms with Crippen LogP contribution in [-0.2, 0) is 0 Å². The largest absolute Gasteiger partial charge is 0.391 e. The first-order valence-electron chi connectivity index (χ1n) is 6.91. The van der Waals surface area contributed by atoms with Gasteiger partial charge in [-0.25, -0.2) is 0 Å². The average molecular weight is 261 g/mol. The molecular formula is C16H23NO2. The number of rotatable bonds is 1. The molecule has 0 radical (unpaired) electrons. The van der Waals surface area contributed by atoms with Crippen LogP contribution >= 0.6 is 0 Å².